The van der Waals surface area contributed by atoms with Crippen LogP contribution in [0.4, 0.5) is 0 Å². The van der Waals surface area contributed by atoms with Crippen molar-refractivity contribution in [2.75, 3.05) is 27.4 Å². The highest BCUT2D eigenvalue weighted by Crippen LogP contribution is 2.53. The van der Waals surface area contributed by atoms with Gasteiger partial charge in [-0.1, -0.05) is 5.57 Å². The lowest BCUT2D eigenvalue weighted by atomic mass is 9.77. The minimum Gasteiger partial charge on any atom is -0.468 e. The van der Waals surface area contributed by atoms with Crippen LogP contribution in [0.3, 0.4) is 0 Å². The standard InChI is InChI=1S/C19H24O9/c1-5-27-15(21)14(16(22)28-6-2)10-7-13(20)12-9-19(8-11(10)12,17(23)25-3)18(24)26-4/h10,14H,5-9H2,1-4H3. The van der Waals surface area contributed by atoms with Crippen molar-refractivity contribution >= 4 is 29.7 Å². The maximum Gasteiger partial charge on any atom is 0.323 e. The second-order valence-electron chi connectivity index (χ2n) is 6.64. The van der Waals surface area contributed by atoms with Gasteiger partial charge < -0.3 is 18.9 Å². The van der Waals surface area contributed by atoms with Crippen LogP contribution >= 0.6 is 0 Å². The second-order valence-corrected chi connectivity index (χ2v) is 6.64. The third-order valence-corrected chi connectivity index (χ3v) is 5.18. The van der Waals surface area contributed by atoms with Crippen LogP contribution in [-0.2, 0) is 42.9 Å². The molecule has 0 radical (unpaired) electrons. The Balaban J connectivity index is 2.44. The summed E-state index contributed by atoms with van der Waals surface area (Å²) in [4.78, 5) is 62.2. The lowest BCUT2D eigenvalue weighted by Crippen LogP contribution is -2.41. The molecule has 0 spiro atoms. The van der Waals surface area contributed by atoms with Gasteiger partial charge in [0.2, 0.25) is 0 Å². The van der Waals surface area contributed by atoms with Crippen molar-refractivity contribution in [3.63, 3.8) is 0 Å². The summed E-state index contributed by atoms with van der Waals surface area (Å²) < 4.78 is 19.5. The molecule has 0 aromatic carbocycles. The number of carbonyl (C=O) groups excluding carboxylic acids is 5. The predicted octanol–water partition coefficient (Wildman–Crippen LogP) is 0.741. The molecular formula is C19H24O9. The topological polar surface area (TPSA) is 122 Å². The summed E-state index contributed by atoms with van der Waals surface area (Å²) in [6.45, 7) is 3.30. The van der Waals surface area contributed by atoms with Gasteiger partial charge in [0.15, 0.2) is 17.1 Å². The zero-order chi connectivity index (χ0) is 21.1. The van der Waals surface area contributed by atoms with Crippen molar-refractivity contribution in [2.45, 2.75) is 33.1 Å². The first kappa shape index (κ1) is 21.6. The van der Waals surface area contributed by atoms with E-state index in [0.717, 1.165) is 14.2 Å². The molecule has 0 N–H and O–H groups in total. The third kappa shape index (κ3) is 3.53. The first-order valence-electron chi connectivity index (χ1n) is 9.02. The molecule has 2 rings (SSSR count). The zero-order valence-corrected chi connectivity index (χ0v) is 16.4. The predicted molar refractivity (Wildman–Crippen MR) is 92.6 cm³/mol. The summed E-state index contributed by atoms with van der Waals surface area (Å²) in [6.07, 6.45) is -0.436. The Kier molecular flexibility index (Phi) is 6.58. The van der Waals surface area contributed by atoms with Gasteiger partial charge >= 0.3 is 23.9 Å². The minimum atomic E-state index is -1.70. The quantitative estimate of drug-likeness (QED) is 0.348. The summed E-state index contributed by atoms with van der Waals surface area (Å²) in [6, 6.07) is 0. The van der Waals surface area contributed by atoms with Gasteiger partial charge in [-0.3, -0.25) is 24.0 Å². The van der Waals surface area contributed by atoms with E-state index in [-0.39, 0.29) is 43.8 Å². The maximum absolute atomic E-state index is 12.6. The van der Waals surface area contributed by atoms with Crippen LogP contribution in [0.5, 0.6) is 0 Å². The van der Waals surface area contributed by atoms with Crippen molar-refractivity contribution in [2.24, 2.45) is 17.3 Å². The summed E-state index contributed by atoms with van der Waals surface area (Å²) in [7, 11) is 2.27. The monoisotopic (exact) mass is 396 g/mol. The van der Waals surface area contributed by atoms with E-state index in [1.165, 1.54) is 0 Å². The van der Waals surface area contributed by atoms with Gasteiger partial charge in [0.05, 0.1) is 27.4 Å². The average Bonchev–Trinajstić information content (AvgIpc) is 3.20. The molecule has 2 aliphatic carbocycles. The summed E-state index contributed by atoms with van der Waals surface area (Å²) in [5, 5.41) is 0. The van der Waals surface area contributed by atoms with Crippen LogP contribution in [0, 0.1) is 17.3 Å². The van der Waals surface area contributed by atoms with E-state index in [1.807, 2.05) is 0 Å². The Morgan fingerprint density at radius 2 is 1.46 bits per heavy atom. The second kappa shape index (κ2) is 8.53. The largest absolute Gasteiger partial charge is 0.468 e. The number of allylic oxidation sites excluding steroid dienone is 2. The Morgan fingerprint density at radius 1 is 0.964 bits per heavy atom. The highest BCUT2D eigenvalue weighted by atomic mass is 16.6. The van der Waals surface area contributed by atoms with Gasteiger partial charge in [-0.15, -0.1) is 0 Å². The minimum absolute atomic E-state index is 0.0512. The molecule has 0 fully saturated rings. The number of esters is 4. The van der Waals surface area contributed by atoms with Gasteiger partial charge in [-0.2, -0.15) is 0 Å². The van der Waals surface area contributed by atoms with Gasteiger partial charge in [-0.25, -0.2) is 0 Å². The van der Waals surface area contributed by atoms with Gasteiger partial charge in [0.1, 0.15) is 0 Å². The molecule has 1 atom stereocenters. The SMILES string of the molecule is CCOC(=O)C(C(=O)OCC)C1CC(=O)C2=C1CC(C(=O)OC)(C(=O)OC)C2. The highest BCUT2D eigenvalue weighted by molar-refractivity contribution is 6.09. The fourth-order valence-electron chi connectivity index (χ4n) is 3.96. The van der Waals surface area contributed by atoms with E-state index < -0.39 is 41.1 Å². The molecule has 0 saturated heterocycles. The van der Waals surface area contributed by atoms with E-state index in [2.05, 4.69) is 0 Å². The summed E-state index contributed by atoms with van der Waals surface area (Å²) in [5.74, 6) is -5.77. The van der Waals surface area contributed by atoms with Gasteiger partial charge in [0, 0.05) is 18.8 Å². The lowest BCUT2D eigenvalue weighted by molar-refractivity contribution is -0.168. The van der Waals surface area contributed by atoms with E-state index in [4.69, 9.17) is 18.9 Å². The number of hydrogen-bond donors (Lipinski definition) is 0. The van der Waals surface area contributed by atoms with E-state index >= 15 is 0 Å². The summed E-state index contributed by atoms with van der Waals surface area (Å²) >= 11 is 0. The average molecular weight is 396 g/mol. The van der Waals surface area contributed by atoms with Crippen molar-refractivity contribution < 1.29 is 42.9 Å². The number of Topliss-reactive ketones (excluding diaryl/α,β-unsaturated/α-hetero) is 1. The number of hydrogen-bond acceptors (Lipinski definition) is 9. The van der Waals surface area contributed by atoms with Crippen LogP contribution in [0.1, 0.15) is 33.1 Å². The fourth-order valence-corrected chi connectivity index (χ4v) is 3.96. The number of carbonyl (C=O) groups is 5. The van der Waals surface area contributed by atoms with E-state index in [9.17, 15) is 24.0 Å². The first-order chi connectivity index (χ1) is 13.3. The van der Waals surface area contributed by atoms with Gasteiger partial charge in [0.25, 0.3) is 0 Å². The molecule has 0 bridgehead atoms. The molecule has 28 heavy (non-hydrogen) atoms. The molecule has 1 unspecified atom stereocenters. The van der Waals surface area contributed by atoms with Gasteiger partial charge in [-0.05, 0) is 25.8 Å². The Hall–Kier alpha value is -2.71. The lowest BCUT2D eigenvalue weighted by Gasteiger charge is -2.27. The number of ketones is 1. The maximum atomic E-state index is 12.6. The van der Waals surface area contributed by atoms with Crippen molar-refractivity contribution in [1.82, 2.24) is 0 Å². The van der Waals surface area contributed by atoms with Crippen molar-refractivity contribution in [1.29, 1.82) is 0 Å². The number of ether oxygens (including phenoxy) is 4. The number of methoxy groups -OCH3 is 2. The Bertz CT molecular complexity index is 700. The molecule has 0 amide bonds. The highest BCUT2D eigenvalue weighted by Gasteiger charge is 2.59. The molecule has 0 aromatic heterocycles. The molecule has 2 aliphatic rings. The number of rotatable bonds is 7. The molecular weight excluding hydrogens is 372 g/mol. The molecule has 0 aliphatic heterocycles. The van der Waals surface area contributed by atoms with E-state index in [0.29, 0.717) is 5.57 Å². The fraction of sp³-hybridized carbons (Fsp3) is 0.632. The molecule has 0 aromatic rings. The van der Waals surface area contributed by atoms with Crippen molar-refractivity contribution in [3.05, 3.63) is 11.1 Å². The molecule has 9 heteroatoms. The third-order valence-electron chi connectivity index (χ3n) is 5.18. The Morgan fingerprint density at radius 3 is 1.89 bits per heavy atom. The summed E-state index contributed by atoms with van der Waals surface area (Å²) in [5.41, 5.74) is -1.03. The normalized spacial score (nSPS) is 20.0. The van der Waals surface area contributed by atoms with Crippen LogP contribution in [0.25, 0.3) is 0 Å². The smallest absolute Gasteiger partial charge is 0.323 e. The van der Waals surface area contributed by atoms with Crippen molar-refractivity contribution in [3.8, 4) is 0 Å². The van der Waals surface area contributed by atoms with Crippen LogP contribution in [0.15, 0.2) is 11.1 Å². The van der Waals surface area contributed by atoms with Crippen LogP contribution in [0.2, 0.25) is 0 Å². The molecule has 0 saturated carbocycles. The van der Waals surface area contributed by atoms with Crippen LogP contribution < -0.4 is 0 Å². The Labute approximate surface area is 162 Å². The molecule has 154 valence electrons. The van der Waals surface area contributed by atoms with E-state index in [1.54, 1.807) is 13.8 Å². The molecule has 9 nitrogen and oxygen atoms in total. The first-order valence-corrected chi connectivity index (χ1v) is 9.02. The molecule has 0 heterocycles. The zero-order valence-electron chi connectivity index (χ0n) is 16.4. The van der Waals surface area contributed by atoms with Crippen LogP contribution in [-0.4, -0.2) is 57.1 Å².